The third kappa shape index (κ3) is 4.44. The summed E-state index contributed by atoms with van der Waals surface area (Å²) in [5, 5.41) is 20.0. The van der Waals surface area contributed by atoms with Crippen molar-refractivity contribution in [2.45, 2.75) is 32.1 Å². The molecule has 23 heavy (non-hydrogen) atoms. The van der Waals surface area contributed by atoms with Crippen molar-refractivity contribution in [3.05, 3.63) is 34.9 Å². The molecule has 0 spiro atoms. The SMILES string of the molecule is CC(C)C(CN1C[C@@H](O)[C@H](O)C1)N(C)C(=O)c1ccc(Cl)cc1. The number of likely N-dealkylation sites (N-methyl/N-ethyl adjacent to an activating group) is 1. The number of halogens is 1. The Balaban J connectivity index is 2.07. The Morgan fingerprint density at radius 2 is 1.78 bits per heavy atom. The van der Waals surface area contributed by atoms with E-state index in [0.717, 1.165) is 0 Å². The summed E-state index contributed by atoms with van der Waals surface area (Å²) in [5.41, 5.74) is 0.601. The molecular weight excluding hydrogens is 316 g/mol. The molecule has 1 amide bonds. The molecule has 1 fully saturated rings. The van der Waals surface area contributed by atoms with E-state index < -0.39 is 12.2 Å². The largest absolute Gasteiger partial charge is 0.389 e. The predicted octanol–water partition coefficient (Wildman–Crippen LogP) is 1.47. The third-order valence-corrected chi connectivity index (χ3v) is 4.71. The molecule has 1 aromatic rings. The number of aliphatic hydroxyl groups is 2. The zero-order valence-corrected chi connectivity index (χ0v) is 14.6. The second kappa shape index (κ2) is 7.62. The second-order valence-electron chi connectivity index (χ2n) is 6.59. The molecule has 0 bridgehead atoms. The number of β-amino-alcohol motifs (C(OH)–C–C–N with tert-alkyl or cyclic N) is 2. The van der Waals surface area contributed by atoms with Gasteiger partial charge in [0.2, 0.25) is 0 Å². The average molecular weight is 341 g/mol. The molecule has 1 aliphatic heterocycles. The van der Waals surface area contributed by atoms with Gasteiger partial charge in [-0.1, -0.05) is 25.4 Å². The maximum Gasteiger partial charge on any atom is 0.253 e. The van der Waals surface area contributed by atoms with E-state index in [1.807, 2.05) is 4.90 Å². The van der Waals surface area contributed by atoms with E-state index in [2.05, 4.69) is 13.8 Å². The van der Waals surface area contributed by atoms with Crippen molar-refractivity contribution < 1.29 is 15.0 Å². The Kier molecular flexibility index (Phi) is 6.03. The van der Waals surface area contributed by atoms with Crippen LogP contribution in [0, 0.1) is 5.92 Å². The Bertz CT molecular complexity index is 525. The molecule has 1 unspecified atom stereocenters. The van der Waals surface area contributed by atoms with Crippen molar-refractivity contribution in [1.29, 1.82) is 0 Å². The third-order valence-electron chi connectivity index (χ3n) is 4.46. The van der Waals surface area contributed by atoms with Gasteiger partial charge < -0.3 is 15.1 Å². The lowest BCUT2D eigenvalue weighted by Gasteiger charge is -2.34. The molecular formula is C17H25ClN2O3. The van der Waals surface area contributed by atoms with E-state index in [4.69, 9.17) is 11.6 Å². The highest BCUT2D eigenvalue weighted by molar-refractivity contribution is 6.30. The van der Waals surface area contributed by atoms with Crippen LogP contribution in [0.25, 0.3) is 0 Å². The van der Waals surface area contributed by atoms with Crippen LogP contribution in [0.1, 0.15) is 24.2 Å². The van der Waals surface area contributed by atoms with Crippen LogP contribution in [0.5, 0.6) is 0 Å². The molecule has 1 saturated heterocycles. The fraction of sp³-hybridized carbons (Fsp3) is 0.588. The number of carbonyl (C=O) groups excluding carboxylic acids is 1. The Morgan fingerprint density at radius 1 is 1.26 bits per heavy atom. The van der Waals surface area contributed by atoms with Gasteiger partial charge in [-0.15, -0.1) is 0 Å². The van der Waals surface area contributed by atoms with Crippen LogP contribution in [-0.2, 0) is 0 Å². The highest BCUT2D eigenvalue weighted by Gasteiger charge is 2.33. The molecule has 0 aliphatic carbocycles. The van der Waals surface area contributed by atoms with Crippen molar-refractivity contribution in [3.63, 3.8) is 0 Å². The van der Waals surface area contributed by atoms with Crippen molar-refractivity contribution in [3.8, 4) is 0 Å². The number of amides is 1. The van der Waals surface area contributed by atoms with Crippen LogP contribution >= 0.6 is 11.6 Å². The van der Waals surface area contributed by atoms with Gasteiger partial charge in [-0.05, 0) is 30.2 Å². The van der Waals surface area contributed by atoms with Gasteiger partial charge in [-0.2, -0.15) is 0 Å². The molecule has 1 heterocycles. The average Bonchev–Trinajstić information content (AvgIpc) is 2.82. The summed E-state index contributed by atoms with van der Waals surface area (Å²) >= 11 is 5.87. The lowest BCUT2D eigenvalue weighted by molar-refractivity contribution is 0.0572. The molecule has 0 saturated carbocycles. The van der Waals surface area contributed by atoms with E-state index in [1.165, 1.54) is 0 Å². The van der Waals surface area contributed by atoms with E-state index >= 15 is 0 Å². The fourth-order valence-corrected chi connectivity index (χ4v) is 3.11. The highest BCUT2D eigenvalue weighted by atomic mass is 35.5. The van der Waals surface area contributed by atoms with Crippen molar-refractivity contribution in [2.75, 3.05) is 26.7 Å². The topological polar surface area (TPSA) is 64.0 Å². The van der Waals surface area contributed by atoms with Crippen molar-refractivity contribution in [2.24, 2.45) is 5.92 Å². The number of benzene rings is 1. The minimum atomic E-state index is -0.708. The molecule has 2 rings (SSSR count). The lowest BCUT2D eigenvalue weighted by atomic mass is 10.0. The van der Waals surface area contributed by atoms with Gasteiger partial charge in [0.05, 0.1) is 12.2 Å². The van der Waals surface area contributed by atoms with Gasteiger partial charge in [0.25, 0.3) is 5.91 Å². The van der Waals surface area contributed by atoms with Gasteiger partial charge >= 0.3 is 0 Å². The van der Waals surface area contributed by atoms with Gasteiger partial charge in [-0.25, -0.2) is 0 Å². The summed E-state index contributed by atoms with van der Waals surface area (Å²) in [4.78, 5) is 16.4. The maximum atomic E-state index is 12.7. The molecule has 1 aromatic carbocycles. The monoisotopic (exact) mass is 340 g/mol. The number of likely N-dealkylation sites (tertiary alicyclic amines) is 1. The zero-order valence-electron chi connectivity index (χ0n) is 13.8. The number of carbonyl (C=O) groups is 1. The minimum Gasteiger partial charge on any atom is -0.389 e. The molecule has 1 aliphatic rings. The van der Waals surface area contributed by atoms with Crippen LogP contribution in [-0.4, -0.2) is 70.9 Å². The summed E-state index contributed by atoms with van der Waals surface area (Å²) < 4.78 is 0. The second-order valence-corrected chi connectivity index (χ2v) is 7.02. The molecule has 5 nitrogen and oxygen atoms in total. The normalized spacial score (nSPS) is 23.3. The van der Waals surface area contributed by atoms with Crippen LogP contribution in [0.15, 0.2) is 24.3 Å². The predicted molar refractivity (Wildman–Crippen MR) is 90.6 cm³/mol. The zero-order chi connectivity index (χ0) is 17.1. The molecule has 6 heteroatoms. The number of aliphatic hydroxyl groups excluding tert-OH is 2. The highest BCUT2D eigenvalue weighted by Crippen LogP contribution is 2.19. The summed E-state index contributed by atoms with van der Waals surface area (Å²) in [6.07, 6.45) is -1.42. The van der Waals surface area contributed by atoms with Gasteiger partial charge in [0.1, 0.15) is 0 Å². The van der Waals surface area contributed by atoms with E-state index in [-0.39, 0.29) is 17.9 Å². The standard InChI is InChI=1S/C17H25ClN2O3/c1-11(2)14(8-20-9-15(21)16(22)10-20)19(3)17(23)12-4-6-13(18)7-5-12/h4-7,11,14-16,21-22H,8-10H2,1-3H3/t14?,15-,16-/m1/s1. The number of hydrogen-bond acceptors (Lipinski definition) is 4. The molecule has 3 atom stereocenters. The lowest BCUT2D eigenvalue weighted by Crippen LogP contribution is -2.47. The number of rotatable bonds is 5. The summed E-state index contributed by atoms with van der Waals surface area (Å²) in [7, 11) is 1.80. The number of hydrogen-bond donors (Lipinski definition) is 2. The van der Waals surface area contributed by atoms with E-state index in [9.17, 15) is 15.0 Å². The van der Waals surface area contributed by atoms with Gasteiger partial charge in [0, 0.05) is 43.3 Å². The first kappa shape index (κ1) is 18.2. The molecule has 128 valence electrons. The first-order valence-electron chi connectivity index (χ1n) is 7.90. The van der Waals surface area contributed by atoms with Crippen molar-refractivity contribution in [1.82, 2.24) is 9.80 Å². The van der Waals surface area contributed by atoms with E-state index in [0.29, 0.717) is 30.2 Å². The van der Waals surface area contributed by atoms with Crippen LogP contribution in [0.4, 0.5) is 0 Å². The first-order valence-corrected chi connectivity index (χ1v) is 8.28. The summed E-state index contributed by atoms with van der Waals surface area (Å²) in [6.45, 7) is 5.64. The molecule has 0 radical (unpaired) electrons. The van der Waals surface area contributed by atoms with Gasteiger partial charge in [-0.3, -0.25) is 9.69 Å². The first-order chi connectivity index (χ1) is 10.8. The Labute approximate surface area is 142 Å². The Hall–Kier alpha value is -1.14. The maximum absolute atomic E-state index is 12.7. The molecule has 2 N–H and O–H groups in total. The quantitative estimate of drug-likeness (QED) is 0.852. The Morgan fingerprint density at radius 3 is 2.26 bits per heavy atom. The fourth-order valence-electron chi connectivity index (χ4n) is 2.99. The summed E-state index contributed by atoms with van der Waals surface area (Å²) in [5.74, 6) is 0.201. The van der Waals surface area contributed by atoms with Crippen LogP contribution < -0.4 is 0 Å². The van der Waals surface area contributed by atoms with Crippen LogP contribution in [0.2, 0.25) is 5.02 Å². The summed E-state index contributed by atoms with van der Waals surface area (Å²) in [6, 6.07) is 6.86. The smallest absolute Gasteiger partial charge is 0.253 e. The van der Waals surface area contributed by atoms with Gasteiger partial charge in [0.15, 0.2) is 0 Å². The van der Waals surface area contributed by atoms with Crippen molar-refractivity contribution >= 4 is 17.5 Å². The minimum absolute atomic E-state index is 0.00400. The molecule has 0 aromatic heterocycles. The van der Waals surface area contributed by atoms with E-state index in [1.54, 1.807) is 36.2 Å². The van der Waals surface area contributed by atoms with Crippen LogP contribution in [0.3, 0.4) is 0 Å². The number of nitrogens with zero attached hydrogens (tertiary/aromatic N) is 2.